The first-order chi connectivity index (χ1) is 8.09. The number of phenolic OH excluding ortho intramolecular Hbond substituents is 1. The van der Waals surface area contributed by atoms with Crippen LogP contribution in [-0.2, 0) is 11.3 Å². The van der Waals surface area contributed by atoms with E-state index >= 15 is 0 Å². The molecule has 0 spiro atoms. The predicted octanol–water partition coefficient (Wildman–Crippen LogP) is 1.90. The van der Waals surface area contributed by atoms with Gasteiger partial charge in [-0.15, -0.1) is 0 Å². The molecule has 0 bridgehead atoms. The van der Waals surface area contributed by atoms with Gasteiger partial charge in [0, 0.05) is 13.1 Å². The van der Waals surface area contributed by atoms with E-state index in [9.17, 15) is 13.2 Å². The molecule has 1 aromatic rings. The van der Waals surface area contributed by atoms with Gasteiger partial charge in [0.2, 0.25) is 0 Å². The number of ether oxygens (including phenoxy) is 1. The van der Waals surface area contributed by atoms with Gasteiger partial charge in [0.15, 0.2) is 11.6 Å². The van der Waals surface area contributed by atoms with Crippen molar-refractivity contribution in [1.82, 2.24) is 5.32 Å². The van der Waals surface area contributed by atoms with E-state index in [0.29, 0.717) is 18.7 Å². The maximum atomic E-state index is 12.9. The number of benzene rings is 1. The van der Waals surface area contributed by atoms with Gasteiger partial charge in [-0.3, -0.25) is 0 Å². The standard InChI is InChI=1S/C11H14F3NO2/c12-9-5-8(1-2-10(9)16)6-15-3-4-17-7-11(13)14/h1-2,5,11,15-16H,3-4,6-7H2. The topological polar surface area (TPSA) is 41.5 Å². The van der Waals surface area contributed by atoms with Crippen LogP contribution >= 0.6 is 0 Å². The van der Waals surface area contributed by atoms with Crippen LogP contribution in [0.2, 0.25) is 0 Å². The van der Waals surface area contributed by atoms with E-state index in [1.165, 1.54) is 12.1 Å². The van der Waals surface area contributed by atoms with Crippen LogP contribution in [0.5, 0.6) is 5.75 Å². The van der Waals surface area contributed by atoms with Gasteiger partial charge in [0.05, 0.1) is 6.61 Å². The quantitative estimate of drug-likeness (QED) is 0.725. The lowest BCUT2D eigenvalue weighted by Gasteiger charge is -2.06. The normalized spacial score (nSPS) is 11.1. The Labute approximate surface area is 97.2 Å². The average Bonchev–Trinajstić information content (AvgIpc) is 2.27. The molecule has 0 aliphatic rings. The second kappa shape index (κ2) is 7.13. The number of halogens is 3. The summed E-state index contributed by atoms with van der Waals surface area (Å²) in [5.74, 6) is -1.08. The molecule has 0 aliphatic carbocycles. The van der Waals surface area contributed by atoms with E-state index in [1.54, 1.807) is 6.07 Å². The van der Waals surface area contributed by atoms with E-state index in [0.717, 1.165) is 0 Å². The highest BCUT2D eigenvalue weighted by Gasteiger charge is 2.02. The monoisotopic (exact) mass is 249 g/mol. The van der Waals surface area contributed by atoms with Crippen LogP contribution in [0, 0.1) is 5.82 Å². The second-order valence-electron chi connectivity index (χ2n) is 3.43. The smallest absolute Gasteiger partial charge is 0.261 e. The molecule has 0 atom stereocenters. The van der Waals surface area contributed by atoms with E-state index in [1.807, 2.05) is 0 Å². The van der Waals surface area contributed by atoms with Crippen molar-refractivity contribution in [3.05, 3.63) is 29.6 Å². The number of phenols is 1. The van der Waals surface area contributed by atoms with Crippen LogP contribution in [0.3, 0.4) is 0 Å². The third-order valence-electron chi connectivity index (χ3n) is 2.01. The van der Waals surface area contributed by atoms with Crippen LogP contribution < -0.4 is 5.32 Å². The van der Waals surface area contributed by atoms with E-state index < -0.39 is 24.6 Å². The first-order valence-electron chi connectivity index (χ1n) is 5.13. The summed E-state index contributed by atoms with van der Waals surface area (Å²) in [6, 6.07) is 4.05. The summed E-state index contributed by atoms with van der Waals surface area (Å²) in [5.41, 5.74) is 0.661. The summed E-state index contributed by atoms with van der Waals surface area (Å²) in [4.78, 5) is 0. The molecule has 0 fully saturated rings. The zero-order valence-electron chi connectivity index (χ0n) is 9.13. The summed E-state index contributed by atoms with van der Waals surface area (Å²) in [6.07, 6.45) is -2.46. The van der Waals surface area contributed by atoms with Crippen LogP contribution in [0.1, 0.15) is 5.56 Å². The average molecular weight is 249 g/mol. The molecule has 1 rings (SSSR count). The Morgan fingerprint density at radius 2 is 2.12 bits per heavy atom. The van der Waals surface area contributed by atoms with Gasteiger partial charge in [-0.2, -0.15) is 0 Å². The van der Waals surface area contributed by atoms with Crippen molar-refractivity contribution in [2.75, 3.05) is 19.8 Å². The van der Waals surface area contributed by atoms with Gasteiger partial charge in [-0.1, -0.05) is 6.07 Å². The minimum absolute atomic E-state index is 0.172. The van der Waals surface area contributed by atoms with Crippen LogP contribution in [0.25, 0.3) is 0 Å². The Balaban J connectivity index is 2.16. The SMILES string of the molecule is Oc1ccc(CNCCOCC(F)F)cc1F. The highest BCUT2D eigenvalue weighted by Crippen LogP contribution is 2.15. The molecule has 0 heterocycles. The molecule has 0 saturated carbocycles. The summed E-state index contributed by atoms with van der Waals surface area (Å²) < 4.78 is 40.9. The summed E-state index contributed by atoms with van der Waals surface area (Å²) >= 11 is 0. The number of hydrogen-bond acceptors (Lipinski definition) is 3. The lowest BCUT2D eigenvalue weighted by molar-refractivity contribution is 0.0187. The van der Waals surface area contributed by atoms with Gasteiger partial charge < -0.3 is 15.2 Å². The second-order valence-corrected chi connectivity index (χ2v) is 3.43. The summed E-state index contributed by atoms with van der Waals surface area (Å²) in [5, 5.41) is 11.9. The highest BCUT2D eigenvalue weighted by atomic mass is 19.3. The zero-order valence-corrected chi connectivity index (χ0v) is 9.13. The first kappa shape index (κ1) is 13.8. The molecule has 6 heteroatoms. The molecular formula is C11H14F3NO2. The molecule has 0 amide bonds. The molecular weight excluding hydrogens is 235 g/mol. The molecule has 0 radical (unpaired) electrons. The minimum atomic E-state index is -2.46. The Bertz CT molecular complexity index is 347. The first-order valence-corrected chi connectivity index (χ1v) is 5.13. The van der Waals surface area contributed by atoms with E-state index in [-0.39, 0.29) is 6.61 Å². The lowest BCUT2D eigenvalue weighted by Crippen LogP contribution is -2.20. The molecule has 0 unspecified atom stereocenters. The van der Waals surface area contributed by atoms with Crippen molar-refractivity contribution in [2.24, 2.45) is 0 Å². The molecule has 3 nitrogen and oxygen atoms in total. The van der Waals surface area contributed by atoms with Gasteiger partial charge in [-0.25, -0.2) is 13.2 Å². The molecule has 17 heavy (non-hydrogen) atoms. The van der Waals surface area contributed by atoms with Crippen molar-refractivity contribution in [3.63, 3.8) is 0 Å². The highest BCUT2D eigenvalue weighted by molar-refractivity contribution is 5.27. The molecule has 2 N–H and O–H groups in total. The maximum absolute atomic E-state index is 12.9. The molecule has 1 aromatic carbocycles. The Kier molecular flexibility index (Phi) is 5.79. The number of nitrogens with one attached hydrogen (secondary N) is 1. The van der Waals surface area contributed by atoms with Crippen molar-refractivity contribution < 1.29 is 23.0 Å². The third-order valence-corrected chi connectivity index (χ3v) is 2.01. The summed E-state index contributed by atoms with van der Waals surface area (Å²) in [7, 11) is 0. The Morgan fingerprint density at radius 3 is 2.76 bits per heavy atom. The minimum Gasteiger partial charge on any atom is -0.505 e. The van der Waals surface area contributed by atoms with Gasteiger partial charge >= 0.3 is 0 Å². The van der Waals surface area contributed by atoms with Gasteiger partial charge in [0.25, 0.3) is 6.43 Å². The number of rotatable bonds is 7. The number of aromatic hydroxyl groups is 1. The third kappa shape index (κ3) is 5.55. The Hall–Kier alpha value is -1.27. The number of hydrogen-bond donors (Lipinski definition) is 2. The molecule has 96 valence electrons. The lowest BCUT2D eigenvalue weighted by atomic mass is 10.2. The van der Waals surface area contributed by atoms with Crippen molar-refractivity contribution >= 4 is 0 Å². The zero-order chi connectivity index (χ0) is 12.7. The van der Waals surface area contributed by atoms with E-state index in [2.05, 4.69) is 10.1 Å². The van der Waals surface area contributed by atoms with Crippen molar-refractivity contribution in [3.8, 4) is 5.75 Å². The fourth-order valence-corrected chi connectivity index (χ4v) is 1.21. The van der Waals surface area contributed by atoms with Gasteiger partial charge in [-0.05, 0) is 17.7 Å². The molecule has 0 aliphatic heterocycles. The maximum Gasteiger partial charge on any atom is 0.261 e. The fraction of sp³-hybridized carbons (Fsp3) is 0.455. The van der Waals surface area contributed by atoms with Gasteiger partial charge in [0.1, 0.15) is 6.61 Å². The predicted molar refractivity (Wildman–Crippen MR) is 56.6 cm³/mol. The molecule has 0 saturated heterocycles. The Morgan fingerprint density at radius 1 is 1.35 bits per heavy atom. The van der Waals surface area contributed by atoms with Crippen molar-refractivity contribution in [2.45, 2.75) is 13.0 Å². The largest absolute Gasteiger partial charge is 0.505 e. The van der Waals surface area contributed by atoms with Crippen LogP contribution in [-0.4, -0.2) is 31.3 Å². The molecule has 0 aromatic heterocycles. The van der Waals surface area contributed by atoms with Crippen LogP contribution in [0.4, 0.5) is 13.2 Å². The summed E-state index contributed by atoms with van der Waals surface area (Å²) in [6.45, 7) is 0.380. The van der Waals surface area contributed by atoms with E-state index in [4.69, 9.17) is 5.11 Å². The van der Waals surface area contributed by atoms with Crippen molar-refractivity contribution in [1.29, 1.82) is 0 Å². The van der Waals surface area contributed by atoms with Crippen LogP contribution in [0.15, 0.2) is 18.2 Å². The fourth-order valence-electron chi connectivity index (χ4n) is 1.21. The number of alkyl halides is 2.